The molecule has 3 heteroatoms. The molecule has 13 heavy (non-hydrogen) atoms. The molecule has 2 fully saturated rings. The van der Waals surface area contributed by atoms with Crippen LogP contribution in [-0.4, -0.2) is 36.5 Å². The Balaban J connectivity index is 1.87. The molecule has 2 heterocycles. The van der Waals surface area contributed by atoms with Crippen molar-refractivity contribution in [3.8, 4) is 0 Å². The molecule has 2 aliphatic heterocycles. The van der Waals surface area contributed by atoms with Crippen molar-refractivity contribution in [3.63, 3.8) is 0 Å². The van der Waals surface area contributed by atoms with Crippen molar-refractivity contribution >= 4 is 5.78 Å². The highest BCUT2D eigenvalue weighted by Gasteiger charge is 2.26. The van der Waals surface area contributed by atoms with Crippen LogP contribution < -0.4 is 5.32 Å². The average Bonchev–Trinajstić information content (AvgIpc) is 2.19. The molecule has 1 atom stereocenters. The quantitative estimate of drug-likeness (QED) is 0.598. The molecule has 2 saturated heterocycles. The molecule has 0 amide bonds. The van der Waals surface area contributed by atoms with Crippen LogP contribution in [0.25, 0.3) is 0 Å². The summed E-state index contributed by atoms with van der Waals surface area (Å²) in [6.07, 6.45) is 5.46. The van der Waals surface area contributed by atoms with Crippen LogP contribution in [0.15, 0.2) is 0 Å². The fourth-order valence-electron chi connectivity index (χ4n) is 2.17. The SMILES string of the molecule is O=C1CC[N]C(N2CCCCC2)C1. The van der Waals surface area contributed by atoms with Crippen molar-refractivity contribution in [2.24, 2.45) is 0 Å². The summed E-state index contributed by atoms with van der Waals surface area (Å²) in [7, 11) is 0. The van der Waals surface area contributed by atoms with E-state index in [4.69, 9.17) is 0 Å². The molecule has 0 aliphatic carbocycles. The predicted octanol–water partition coefficient (Wildman–Crippen LogP) is 0.766. The number of piperidine rings is 2. The molecule has 0 bridgehead atoms. The van der Waals surface area contributed by atoms with E-state index < -0.39 is 0 Å². The predicted molar refractivity (Wildman–Crippen MR) is 50.5 cm³/mol. The maximum absolute atomic E-state index is 11.2. The van der Waals surface area contributed by atoms with Gasteiger partial charge in [-0.25, -0.2) is 5.32 Å². The standard InChI is InChI=1S/C10H17N2O/c13-9-4-5-11-10(8-9)12-6-2-1-3-7-12/h10H,1-8H2. The maximum Gasteiger partial charge on any atom is 0.137 e. The molecule has 0 aromatic heterocycles. The minimum Gasteiger partial charge on any atom is -0.300 e. The minimum absolute atomic E-state index is 0.224. The lowest BCUT2D eigenvalue weighted by molar-refractivity contribution is -0.122. The van der Waals surface area contributed by atoms with E-state index in [1.54, 1.807) is 0 Å². The number of rotatable bonds is 1. The summed E-state index contributed by atoms with van der Waals surface area (Å²) < 4.78 is 0. The lowest BCUT2D eigenvalue weighted by atomic mass is 10.0. The number of ketones is 1. The Kier molecular flexibility index (Phi) is 2.96. The lowest BCUT2D eigenvalue weighted by Crippen LogP contribution is -2.48. The average molecular weight is 181 g/mol. The summed E-state index contributed by atoms with van der Waals surface area (Å²) in [6, 6.07) is 0. The van der Waals surface area contributed by atoms with E-state index in [0.29, 0.717) is 18.6 Å². The number of carbonyl (C=O) groups excluding carboxylic acids is 1. The number of hydrogen-bond acceptors (Lipinski definition) is 2. The van der Waals surface area contributed by atoms with Gasteiger partial charge in [0.05, 0.1) is 6.17 Å². The van der Waals surface area contributed by atoms with Crippen LogP contribution >= 0.6 is 0 Å². The van der Waals surface area contributed by atoms with E-state index >= 15 is 0 Å². The van der Waals surface area contributed by atoms with E-state index in [-0.39, 0.29) is 6.17 Å². The summed E-state index contributed by atoms with van der Waals surface area (Å²) >= 11 is 0. The summed E-state index contributed by atoms with van der Waals surface area (Å²) in [5.41, 5.74) is 0. The third-order valence-corrected chi connectivity index (χ3v) is 2.95. The Bertz CT molecular complexity index is 187. The molecule has 73 valence electrons. The molecule has 0 aromatic carbocycles. The first-order chi connectivity index (χ1) is 6.36. The molecule has 0 saturated carbocycles. The number of nitrogens with zero attached hydrogens (tertiary/aromatic N) is 2. The molecule has 2 rings (SSSR count). The topological polar surface area (TPSA) is 34.4 Å². The number of carbonyl (C=O) groups is 1. The van der Waals surface area contributed by atoms with Crippen LogP contribution in [0.2, 0.25) is 0 Å². The van der Waals surface area contributed by atoms with Gasteiger partial charge in [0.15, 0.2) is 0 Å². The fourth-order valence-corrected chi connectivity index (χ4v) is 2.17. The molecule has 0 spiro atoms. The Morgan fingerprint density at radius 3 is 2.69 bits per heavy atom. The van der Waals surface area contributed by atoms with Crippen LogP contribution in [0.4, 0.5) is 0 Å². The van der Waals surface area contributed by atoms with Crippen LogP contribution in [0.5, 0.6) is 0 Å². The maximum atomic E-state index is 11.2. The van der Waals surface area contributed by atoms with E-state index in [1.807, 2.05) is 0 Å². The van der Waals surface area contributed by atoms with Gasteiger partial charge >= 0.3 is 0 Å². The zero-order chi connectivity index (χ0) is 9.10. The van der Waals surface area contributed by atoms with Gasteiger partial charge < -0.3 is 0 Å². The van der Waals surface area contributed by atoms with Gasteiger partial charge in [0.25, 0.3) is 0 Å². The van der Waals surface area contributed by atoms with E-state index in [0.717, 1.165) is 19.6 Å². The first-order valence-electron chi connectivity index (χ1n) is 5.28. The molecule has 3 nitrogen and oxygen atoms in total. The highest BCUT2D eigenvalue weighted by Crippen LogP contribution is 2.16. The van der Waals surface area contributed by atoms with Crippen molar-refractivity contribution in [3.05, 3.63) is 0 Å². The first kappa shape index (κ1) is 9.16. The van der Waals surface area contributed by atoms with Crippen LogP contribution in [-0.2, 0) is 4.79 Å². The van der Waals surface area contributed by atoms with Crippen molar-refractivity contribution in [2.75, 3.05) is 19.6 Å². The van der Waals surface area contributed by atoms with Crippen molar-refractivity contribution in [2.45, 2.75) is 38.3 Å². The van der Waals surface area contributed by atoms with Crippen LogP contribution in [0, 0.1) is 0 Å². The van der Waals surface area contributed by atoms with Gasteiger partial charge in [0, 0.05) is 19.4 Å². The van der Waals surface area contributed by atoms with E-state index in [9.17, 15) is 4.79 Å². The molecule has 2 aliphatic rings. The highest BCUT2D eigenvalue weighted by molar-refractivity contribution is 5.79. The largest absolute Gasteiger partial charge is 0.300 e. The van der Waals surface area contributed by atoms with Crippen LogP contribution in [0.3, 0.4) is 0 Å². The highest BCUT2D eigenvalue weighted by atomic mass is 16.1. The normalized spacial score (nSPS) is 32.0. The molecule has 0 N–H and O–H groups in total. The Morgan fingerprint density at radius 1 is 1.23 bits per heavy atom. The minimum atomic E-state index is 0.224. The third kappa shape index (κ3) is 2.29. The second kappa shape index (κ2) is 4.20. The molecular weight excluding hydrogens is 164 g/mol. The molecular formula is C10H17N2O. The molecule has 1 radical (unpaired) electrons. The van der Waals surface area contributed by atoms with Gasteiger partial charge in [-0.1, -0.05) is 6.42 Å². The van der Waals surface area contributed by atoms with Gasteiger partial charge in [-0.05, 0) is 25.9 Å². The second-order valence-corrected chi connectivity index (χ2v) is 3.98. The summed E-state index contributed by atoms with van der Waals surface area (Å²) in [6.45, 7) is 3.03. The number of likely N-dealkylation sites (tertiary alicyclic amines) is 1. The number of Topliss-reactive ketones (excluding diaryl/α,β-unsaturated/α-hetero) is 1. The van der Waals surface area contributed by atoms with Crippen molar-refractivity contribution in [1.29, 1.82) is 0 Å². The second-order valence-electron chi connectivity index (χ2n) is 3.98. The van der Waals surface area contributed by atoms with Gasteiger partial charge in [0.1, 0.15) is 5.78 Å². The summed E-state index contributed by atoms with van der Waals surface area (Å²) in [4.78, 5) is 13.6. The third-order valence-electron chi connectivity index (χ3n) is 2.95. The Morgan fingerprint density at radius 2 is 2.00 bits per heavy atom. The van der Waals surface area contributed by atoms with Crippen molar-refractivity contribution in [1.82, 2.24) is 10.2 Å². The first-order valence-corrected chi connectivity index (χ1v) is 5.28. The zero-order valence-electron chi connectivity index (χ0n) is 8.04. The fraction of sp³-hybridized carbons (Fsp3) is 0.900. The number of hydrogen-bond donors (Lipinski definition) is 0. The van der Waals surface area contributed by atoms with Gasteiger partial charge in [-0.2, -0.15) is 0 Å². The molecule has 1 unspecified atom stereocenters. The zero-order valence-corrected chi connectivity index (χ0v) is 8.04. The van der Waals surface area contributed by atoms with Crippen molar-refractivity contribution < 1.29 is 4.79 Å². The Hall–Kier alpha value is -0.410. The van der Waals surface area contributed by atoms with Gasteiger partial charge in [0.2, 0.25) is 0 Å². The monoisotopic (exact) mass is 181 g/mol. The summed E-state index contributed by atoms with van der Waals surface area (Å²) in [5, 5.41) is 4.51. The smallest absolute Gasteiger partial charge is 0.137 e. The Labute approximate surface area is 79.5 Å². The lowest BCUT2D eigenvalue weighted by Gasteiger charge is -2.35. The van der Waals surface area contributed by atoms with Gasteiger partial charge in [-0.3, -0.25) is 9.69 Å². The van der Waals surface area contributed by atoms with E-state index in [2.05, 4.69) is 10.2 Å². The van der Waals surface area contributed by atoms with Crippen LogP contribution in [0.1, 0.15) is 32.1 Å². The van der Waals surface area contributed by atoms with Gasteiger partial charge in [-0.15, -0.1) is 0 Å². The van der Waals surface area contributed by atoms with E-state index in [1.165, 1.54) is 19.3 Å². The summed E-state index contributed by atoms with van der Waals surface area (Å²) in [5.74, 6) is 0.394. The molecule has 0 aromatic rings.